The second-order valence-corrected chi connectivity index (χ2v) is 8.74. The molecule has 0 aromatic rings. The second-order valence-electron chi connectivity index (χ2n) is 8.74. The molecule has 1 atom stereocenters. The maximum atomic E-state index is 12.0. The first-order valence-electron chi connectivity index (χ1n) is 13.7. The Hall–Kier alpha value is -2.14. The lowest BCUT2D eigenvalue weighted by Crippen LogP contribution is -2.28. The van der Waals surface area contributed by atoms with Gasteiger partial charge in [-0.05, 0) is 38.5 Å². The van der Waals surface area contributed by atoms with E-state index in [-0.39, 0.29) is 25.6 Å². The Balaban J connectivity index is 3.79. The van der Waals surface area contributed by atoms with Gasteiger partial charge in [0, 0.05) is 12.8 Å². The highest BCUT2D eigenvalue weighted by atomic mass is 16.6. The van der Waals surface area contributed by atoms with Gasteiger partial charge in [0.2, 0.25) is 0 Å². The molecule has 0 bridgehead atoms. The van der Waals surface area contributed by atoms with E-state index < -0.39 is 12.1 Å². The molecule has 0 radical (unpaired) electrons. The lowest BCUT2D eigenvalue weighted by molar-refractivity contribution is -0.161. The van der Waals surface area contributed by atoms with Crippen LogP contribution >= 0.6 is 0 Å². The highest BCUT2D eigenvalue weighted by molar-refractivity contribution is 5.70. The Morgan fingerprint density at radius 2 is 1.23 bits per heavy atom. The first kappa shape index (κ1) is 32.9. The summed E-state index contributed by atoms with van der Waals surface area (Å²) in [7, 11) is 0. The van der Waals surface area contributed by atoms with Gasteiger partial charge in [-0.25, -0.2) is 0 Å². The summed E-state index contributed by atoms with van der Waals surface area (Å²) >= 11 is 0. The smallest absolute Gasteiger partial charge is 0.306 e. The Kier molecular flexibility index (Phi) is 24.8. The zero-order chi connectivity index (χ0) is 25.8. The SMILES string of the molecule is CC/C=C\C/C=C\C/C=C\C/C=C\CCC(=O)OC(CO)COC(=O)CCCCCCCCCC. The molecule has 0 spiro atoms. The summed E-state index contributed by atoms with van der Waals surface area (Å²) in [6.07, 6.45) is 30.4. The molecular weight excluding hydrogens is 440 g/mol. The fourth-order valence-corrected chi connectivity index (χ4v) is 3.33. The number of ether oxygens (including phenoxy) is 2. The minimum atomic E-state index is -0.803. The van der Waals surface area contributed by atoms with Crippen LogP contribution in [0.15, 0.2) is 48.6 Å². The van der Waals surface area contributed by atoms with Crippen LogP contribution in [0.2, 0.25) is 0 Å². The number of hydrogen-bond acceptors (Lipinski definition) is 5. The molecule has 0 saturated heterocycles. The normalized spacial score (nSPS) is 12.9. The van der Waals surface area contributed by atoms with E-state index in [0.29, 0.717) is 12.8 Å². The van der Waals surface area contributed by atoms with E-state index in [0.717, 1.165) is 44.9 Å². The summed E-state index contributed by atoms with van der Waals surface area (Å²) in [5.41, 5.74) is 0. The number of aliphatic hydroxyl groups excluding tert-OH is 1. The summed E-state index contributed by atoms with van der Waals surface area (Å²) in [6, 6.07) is 0. The van der Waals surface area contributed by atoms with E-state index in [9.17, 15) is 14.7 Å². The van der Waals surface area contributed by atoms with Crippen molar-refractivity contribution in [3.05, 3.63) is 48.6 Å². The number of hydrogen-bond donors (Lipinski definition) is 1. The van der Waals surface area contributed by atoms with Gasteiger partial charge < -0.3 is 14.6 Å². The summed E-state index contributed by atoms with van der Waals surface area (Å²) in [5.74, 6) is -0.698. The van der Waals surface area contributed by atoms with Crippen molar-refractivity contribution >= 4 is 11.9 Å². The third kappa shape index (κ3) is 24.8. The van der Waals surface area contributed by atoms with Crippen molar-refractivity contribution in [3.8, 4) is 0 Å². The highest BCUT2D eigenvalue weighted by Crippen LogP contribution is 2.10. The van der Waals surface area contributed by atoms with E-state index in [2.05, 4.69) is 50.3 Å². The number of rotatable bonds is 23. The van der Waals surface area contributed by atoms with Crippen LogP contribution in [0.5, 0.6) is 0 Å². The Morgan fingerprint density at radius 1 is 0.686 bits per heavy atom. The molecule has 0 aromatic carbocycles. The molecule has 0 aliphatic rings. The molecule has 0 heterocycles. The number of allylic oxidation sites excluding steroid dienone is 8. The molecule has 1 unspecified atom stereocenters. The molecule has 0 saturated carbocycles. The Bertz CT molecular complexity index is 618. The quantitative estimate of drug-likeness (QED) is 0.0909. The van der Waals surface area contributed by atoms with Gasteiger partial charge in [0.15, 0.2) is 6.10 Å². The number of unbranched alkanes of at least 4 members (excludes halogenated alkanes) is 7. The number of carbonyl (C=O) groups excluding carboxylic acids is 2. The summed E-state index contributed by atoms with van der Waals surface area (Å²) in [6.45, 7) is 3.88. The molecular formula is C30H50O5. The van der Waals surface area contributed by atoms with Crippen LogP contribution in [-0.4, -0.2) is 36.4 Å². The predicted molar refractivity (Wildman–Crippen MR) is 145 cm³/mol. The average Bonchev–Trinajstić information content (AvgIpc) is 2.86. The number of carbonyl (C=O) groups is 2. The third-order valence-corrected chi connectivity index (χ3v) is 5.40. The van der Waals surface area contributed by atoms with Crippen molar-refractivity contribution in [2.24, 2.45) is 0 Å². The maximum Gasteiger partial charge on any atom is 0.306 e. The Morgan fingerprint density at radius 3 is 1.80 bits per heavy atom. The molecule has 5 heteroatoms. The molecule has 0 aromatic heterocycles. The molecule has 35 heavy (non-hydrogen) atoms. The lowest BCUT2D eigenvalue weighted by atomic mass is 10.1. The lowest BCUT2D eigenvalue weighted by Gasteiger charge is -2.15. The van der Waals surface area contributed by atoms with Crippen LogP contribution in [0.3, 0.4) is 0 Å². The molecule has 5 nitrogen and oxygen atoms in total. The van der Waals surface area contributed by atoms with Crippen molar-refractivity contribution in [2.45, 2.75) is 116 Å². The van der Waals surface area contributed by atoms with Gasteiger partial charge >= 0.3 is 11.9 Å². The fourth-order valence-electron chi connectivity index (χ4n) is 3.33. The zero-order valence-electron chi connectivity index (χ0n) is 22.3. The van der Waals surface area contributed by atoms with Crippen LogP contribution in [-0.2, 0) is 19.1 Å². The van der Waals surface area contributed by atoms with Gasteiger partial charge in [0.05, 0.1) is 6.61 Å². The zero-order valence-corrected chi connectivity index (χ0v) is 22.3. The first-order valence-corrected chi connectivity index (χ1v) is 13.7. The van der Waals surface area contributed by atoms with Crippen LogP contribution in [0.1, 0.15) is 110 Å². The predicted octanol–water partition coefficient (Wildman–Crippen LogP) is 7.55. The molecule has 1 N–H and O–H groups in total. The summed E-state index contributed by atoms with van der Waals surface area (Å²) in [5, 5.41) is 9.41. The average molecular weight is 491 g/mol. The molecule has 0 rings (SSSR count). The van der Waals surface area contributed by atoms with Gasteiger partial charge in [-0.3, -0.25) is 9.59 Å². The molecule has 0 aliphatic heterocycles. The van der Waals surface area contributed by atoms with Crippen molar-refractivity contribution in [1.29, 1.82) is 0 Å². The van der Waals surface area contributed by atoms with Crippen LogP contribution in [0.25, 0.3) is 0 Å². The molecule has 0 amide bonds. The third-order valence-electron chi connectivity index (χ3n) is 5.40. The standard InChI is InChI=1S/C30H50O5/c1-3-5-7-9-11-13-14-15-16-17-19-21-23-25-30(33)35-28(26-31)27-34-29(32)24-22-20-18-12-10-8-6-4-2/h5,7,11,13,15-16,19,21,28,31H,3-4,6,8-10,12,14,17-18,20,22-27H2,1-2H3/b7-5-,13-11-,16-15-,21-19-. The highest BCUT2D eigenvalue weighted by Gasteiger charge is 2.15. The first-order chi connectivity index (χ1) is 17.1. The summed E-state index contributed by atoms with van der Waals surface area (Å²) in [4.78, 5) is 23.8. The van der Waals surface area contributed by atoms with E-state index in [1.165, 1.54) is 32.1 Å². The van der Waals surface area contributed by atoms with E-state index in [1.54, 1.807) is 0 Å². The molecule has 0 fully saturated rings. The van der Waals surface area contributed by atoms with E-state index in [1.807, 2.05) is 12.2 Å². The monoisotopic (exact) mass is 490 g/mol. The van der Waals surface area contributed by atoms with Crippen LogP contribution in [0, 0.1) is 0 Å². The van der Waals surface area contributed by atoms with Crippen LogP contribution < -0.4 is 0 Å². The van der Waals surface area contributed by atoms with E-state index >= 15 is 0 Å². The fraction of sp³-hybridized carbons (Fsp3) is 0.667. The summed E-state index contributed by atoms with van der Waals surface area (Å²) < 4.78 is 10.4. The second kappa shape index (κ2) is 26.5. The number of esters is 2. The van der Waals surface area contributed by atoms with Gasteiger partial charge in [0.25, 0.3) is 0 Å². The molecule has 200 valence electrons. The van der Waals surface area contributed by atoms with Gasteiger partial charge in [-0.15, -0.1) is 0 Å². The number of aliphatic hydroxyl groups is 1. The maximum absolute atomic E-state index is 12.0. The van der Waals surface area contributed by atoms with Crippen LogP contribution in [0.4, 0.5) is 0 Å². The van der Waals surface area contributed by atoms with Crippen molar-refractivity contribution in [2.75, 3.05) is 13.2 Å². The van der Waals surface area contributed by atoms with Crippen molar-refractivity contribution in [3.63, 3.8) is 0 Å². The minimum Gasteiger partial charge on any atom is -0.462 e. The molecule has 0 aliphatic carbocycles. The largest absolute Gasteiger partial charge is 0.462 e. The Labute approximate surface area is 214 Å². The van der Waals surface area contributed by atoms with Crippen molar-refractivity contribution < 1.29 is 24.2 Å². The minimum absolute atomic E-state index is 0.0952. The van der Waals surface area contributed by atoms with Gasteiger partial charge in [-0.1, -0.05) is 107 Å². The van der Waals surface area contributed by atoms with E-state index in [4.69, 9.17) is 9.47 Å². The topological polar surface area (TPSA) is 72.8 Å². The van der Waals surface area contributed by atoms with Gasteiger partial charge in [-0.2, -0.15) is 0 Å². The van der Waals surface area contributed by atoms with Gasteiger partial charge in [0.1, 0.15) is 6.61 Å². The van der Waals surface area contributed by atoms with Crippen molar-refractivity contribution in [1.82, 2.24) is 0 Å².